The maximum Gasteiger partial charge on any atom is 0.301 e. The van der Waals surface area contributed by atoms with E-state index in [9.17, 15) is 33.2 Å². The highest BCUT2D eigenvalue weighted by Gasteiger charge is 2.48. The third-order valence-electron chi connectivity index (χ3n) is 6.29. The number of non-ortho nitro benzene ring substituents is 1. The summed E-state index contributed by atoms with van der Waals surface area (Å²) in [4.78, 5) is 42.0. The fraction of sp³-hybridized carbons (Fsp3) is 0.0741. The number of thiazole rings is 1. The molecule has 5 rings (SSSR count). The molecule has 4 aromatic rings. The van der Waals surface area contributed by atoms with Gasteiger partial charge in [0.25, 0.3) is 11.5 Å². The quantitative estimate of drug-likeness (QED) is 0.0978. The van der Waals surface area contributed by atoms with E-state index in [0.29, 0.717) is 27.7 Å². The molecule has 0 bridgehead atoms. The van der Waals surface area contributed by atoms with Gasteiger partial charge < -0.3 is 9.84 Å². The molecule has 1 aliphatic heterocycles. The van der Waals surface area contributed by atoms with E-state index in [1.54, 1.807) is 24.3 Å². The smallest absolute Gasteiger partial charge is 0.301 e. The SMILES string of the molecule is COc1ccc([C@H]2C(=C(O)c3ccc(Cl)cc3)C(=O)C(=O)N2c2ncc(S(=O)(=O)c3ccc([N+](=O)[O-])cc3)s2)cc1. The molecule has 0 saturated carbocycles. The van der Waals surface area contributed by atoms with Gasteiger partial charge in [-0.05, 0) is 54.1 Å². The monoisotopic (exact) mass is 611 g/mol. The van der Waals surface area contributed by atoms with Crippen molar-refractivity contribution >= 4 is 61.0 Å². The molecule has 1 aromatic heterocycles. The Labute approximate surface area is 242 Å². The second-order valence-corrected chi connectivity index (χ2v) is 12.3. The number of nitrogens with zero attached hydrogens (tertiary/aromatic N) is 3. The summed E-state index contributed by atoms with van der Waals surface area (Å²) in [6.07, 6.45) is 1.04. The number of benzene rings is 3. The highest BCUT2D eigenvalue weighted by atomic mass is 35.5. The summed E-state index contributed by atoms with van der Waals surface area (Å²) in [6, 6.07) is 15.7. The van der Waals surface area contributed by atoms with Crippen LogP contribution in [0.25, 0.3) is 5.76 Å². The van der Waals surface area contributed by atoms with Gasteiger partial charge in [-0.25, -0.2) is 13.4 Å². The summed E-state index contributed by atoms with van der Waals surface area (Å²) in [6.45, 7) is 0. The minimum atomic E-state index is -4.17. The highest BCUT2D eigenvalue weighted by molar-refractivity contribution is 7.93. The van der Waals surface area contributed by atoms with Crippen molar-refractivity contribution < 1.29 is 32.8 Å². The van der Waals surface area contributed by atoms with Crippen LogP contribution in [-0.2, 0) is 19.4 Å². The lowest BCUT2D eigenvalue weighted by Crippen LogP contribution is -2.29. The number of ketones is 1. The average Bonchev–Trinajstić information content (AvgIpc) is 3.56. The maximum atomic E-state index is 13.4. The molecule has 1 aliphatic rings. The molecule has 0 spiro atoms. The molecule has 0 radical (unpaired) electrons. The second-order valence-electron chi connectivity index (χ2n) is 8.67. The molecule has 1 fully saturated rings. The zero-order valence-electron chi connectivity index (χ0n) is 20.9. The van der Waals surface area contributed by atoms with Crippen LogP contribution in [0.15, 0.2) is 93.7 Å². The molecule has 208 valence electrons. The van der Waals surface area contributed by atoms with Crippen molar-refractivity contribution in [1.29, 1.82) is 0 Å². The van der Waals surface area contributed by atoms with Crippen molar-refractivity contribution in [1.82, 2.24) is 4.98 Å². The van der Waals surface area contributed by atoms with Crippen LogP contribution in [-0.4, -0.2) is 42.2 Å². The first-order chi connectivity index (χ1) is 19.5. The number of hydrogen-bond donors (Lipinski definition) is 1. The molecule has 3 aromatic carbocycles. The van der Waals surface area contributed by atoms with Crippen molar-refractivity contribution in [2.45, 2.75) is 15.1 Å². The predicted octanol–water partition coefficient (Wildman–Crippen LogP) is 5.17. The number of methoxy groups -OCH3 is 1. The van der Waals surface area contributed by atoms with Crippen LogP contribution in [0, 0.1) is 10.1 Å². The van der Waals surface area contributed by atoms with Gasteiger partial charge in [-0.2, -0.15) is 0 Å². The number of hydrogen-bond acceptors (Lipinski definition) is 10. The number of nitro groups is 1. The van der Waals surface area contributed by atoms with Crippen LogP contribution in [0.3, 0.4) is 0 Å². The minimum absolute atomic E-state index is 0.108. The molecular formula is C27H18ClN3O8S2. The van der Waals surface area contributed by atoms with Crippen LogP contribution in [0.1, 0.15) is 17.2 Å². The predicted molar refractivity (Wildman–Crippen MR) is 150 cm³/mol. The van der Waals surface area contributed by atoms with Gasteiger partial charge in [-0.3, -0.25) is 24.6 Å². The first-order valence-corrected chi connectivity index (χ1v) is 14.4. The molecule has 41 heavy (non-hydrogen) atoms. The Bertz CT molecular complexity index is 1820. The maximum absolute atomic E-state index is 13.4. The molecule has 2 heterocycles. The summed E-state index contributed by atoms with van der Waals surface area (Å²) < 4.78 is 31.5. The number of Topliss-reactive ketones (excluding diaryl/α,β-unsaturated/α-hetero) is 1. The lowest BCUT2D eigenvalue weighted by molar-refractivity contribution is -0.384. The third kappa shape index (κ3) is 5.06. The average molecular weight is 612 g/mol. The minimum Gasteiger partial charge on any atom is -0.507 e. The van der Waals surface area contributed by atoms with Gasteiger partial charge in [0.1, 0.15) is 15.7 Å². The van der Waals surface area contributed by atoms with Gasteiger partial charge in [-0.15, -0.1) is 0 Å². The van der Waals surface area contributed by atoms with E-state index in [1.807, 2.05) is 0 Å². The van der Waals surface area contributed by atoms with Crippen LogP contribution in [0.2, 0.25) is 5.02 Å². The molecule has 1 atom stereocenters. The lowest BCUT2D eigenvalue weighted by atomic mass is 9.95. The molecule has 1 amide bonds. The van der Waals surface area contributed by atoms with E-state index >= 15 is 0 Å². The van der Waals surface area contributed by atoms with Crippen LogP contribution in [0.4, 0.5) is 10.8 Å². The van der Waals surface area contributed by atoms with Gasteiger partial charge in [0.15, 0.2) is 5.13 Å². The summed E-state index contributed by atoms with van der Waals surface area (Å²) in [5.74, 6) is -1.95. The summed E-state index contributed by atoms with van der Waals surface area (Å²) >= 11 is 6.60. The number of aliphatic hydroxyl groups is 1. The van der Waals surface area contributed by atoms with E-state index in [-0.39, 0.29) is 31.1 Å². The van der Waals surface area contributed by atoms with Crippen LogP contribution >= 0.6 is 22.9 Å². The number of sulfone groups is 1. The number of carbonyl (C=O) groups is 2. The number of halogens is 1. The number of rotatable bonds is 7. The molecule has 11 nitrogen and oxygen atoms in total. The van der Waals surface area contributed by atoms with Gasteiger partial charge in [0.2, 0.25) is 9.84 Å². The third-order valence-corrected chi connectivity index (χ3v) is 9.77. The second kappa shape index (κ2) is 10.8. The number of nitro benzene ring substituents is 1. The van der Waals surface area contributed by atoms with E-state index in [1.165, 1.54) is 31.4 Å². The summed E-state index contributed by atoms with van der Waals surface area (Å²) in [5.41, 5.74) is 0.164. The standard InChI is InChI=1S/C27H18ClN3O8S2/c1-39-19-10-4-15(5-11-19)23-22(24(32)16-2-6-17(28)7-3-16)25(33)26(34)30(23)27-29-14-21(40-27)41(37,38)20-12-8-18(9-13-20)31(35)36/h2-14,23,32H,1H3/t23-/m0/s1. The fourth-order valence-electron chi connectivity index (χ4n) is 4.24. The first kappa shape index (κ1) is 28.0. The van der Waals surface area contributed by atoms with Crippen molar-refractivity contribution in [3.05, 3.63) is 111 Å². The zero-order valence-corrected chi connectivity index (χ0v) is 23.3. The zero-order chi connectivity index (χ0) is 29.5. The van der Waals surface area contributed by atoms with E-state index in [0.717, 1.165) is 35.4 Å². The largest absolute Gasteiger partial charge is 0.507 e. The van der Waals surface area contributed by atoms with Crippen LogP contribution < -0.4 is 9.64 Å². The van der Waals surface area contributed by atoms with Gasteiger partial charge in [0.05, 0.1) is 34.7 Å². The number of amides is 1. The molecule has 0 unspecified atom stereocenters. The fourth-order valence-corrected chi connectivity index (χ4v) is 6.92. The van der Waals surface area contributed by atoms with E-state index < -0.39 is 38.3 Å². The summed E-state index contributed by atoms with van der Waals surface area (Å²) in [7, 11) is -2.69. The van der Waals surface area contributed by atoms with Crippen molar-refractivity contribution in [3.8, 4) is 5.75 Å². The summed E-state index contributed by atoms with van der Waals surface area (Å²) in [5, 5.41) is 22.4. The van der Waals surface area contributed by atoms with E-state index in [4.69, 9.17) is 16.3 Å². The Morgan fingerprint density at radius 1 is 1.05 bits per heavy atom. The lowest BCUT2D eigenvalue weighted by Gasteiger charge is -2.23. The normalized spacial score (nSPS) is 16.6. The van der Waals surface area contributed by atoms with Crippen molar-refractivity contribution in [2.24, 2.45) is 0 Å². The Hall–Kier alpha value is -4.59. The Morgan fingerprint density at radius 2 is 1.68 bits per heavy atom. The Morgan fingerprint density at radius 3 is 2.27 bits per heavy atom. The Balaban J connectivity index is 1.62. The van der Waals surface area contributed by atoms with Crippen molar-refractivity contribution in [3.63, 3.8) is 0 Å². The highest BCUT2D eigenvalue weighted by Crippen LogP contribution is 2.44. The number of anilines is 1. The molecule has 1 N–H and O–H groups in total. The Kier molecular flexibility index (Phi) is 7.34. The van der Waals surface area contributed by atoms with Crippen LogP contribution in [0.5, 0.6) is 5.75 Å². The molecule has 0 aliphatic carbocycles. The van der Waals surface area contributed by atoms with Gasteiger partial charge in [0, 0.05) is 22.7 Å². The van der Waals surface area contributed by atoms with Crippen molar-refractivity contribution in [2.75, 3.05) is 12.0 Å². The van der Waals surface area contributed by atoms with Gasteiger partial charge in [-0.1, -0.05) is 35.1 Å². The topological polar surface area (TPSA) is 157 Å². The van der Waals surface area contributed by atoms with Gasteiger partial charge >= 0.3 is 5.91 Å². The first-order valence-electron chi connectivity index (χ1n) is 11.7. The molecule has 14 heteroatoms. The number of aliphatic hydroxyl groups excluding tert-OH is 1. The number of ether oxygens (including phenoxy) is 1. The number of aromatic nitrogens is 1. The number of carbonyl (C=O) groups excluding carboxylic acids is 2. The molecule has 1 saturated heterocycles. The molecular weight excluding hydrogens is 594 g/mol. The van der Waals surface area contributed by atoms with E-state index in [2.05, 4.69) is 4.98 Å².